The van der Waals surface area contributed by atoms with Gasteiger partial charge in [0.05, 0.1) is 11.5 Å². The Kier molecular flexibility index (Phi) is 4.60. The highest BCUT2D eigenvalue weighted by atomic mass is 16.6. The van der Waals surface area contributed by atoms with Gasteiger partial charge in [0, 0.05) is 18.4 Å². The number of carbonyl (C=O) groups is 2. The molecule has 6 heteroatoms. The standard InChI is InChI=1S/C14H18N2O4/c1-10(17)15(9-13(18)14(2,3)4)11-7-5-6-8-12(11)16(19)20/h5-8H,9H2,1-4H3. The normalized spacial score (nSPS) is 11.0. The number of benzene rings is 1. The summed E-state index contributed by atoms with van der Waals surface area (Å²) >= 11 is 0. The number of para-hydroxylation sites is 2. The number of nitro groups is 1. The zero-order valence-corrected chi connectivity index (χ0v) is 12.0. The summed E-state index contributed by atoms with van der Waals surface area (Å²) in [4.78, 5) is 35.4. The average Bonchev–Trinajstić information content (AvgIpc) is 2.33. The molecule has 0 spiro atoms. The second kappa shape index (κ2) is 5.81. The van der Waals surface area contributed by atoms with E-state index in [1.165, 1.54) is 25.1 Å². The van der Waals surface area contributed by atoms with Crippen LogP contribution in [0, 0.1) is 15.5 Å². The minimum Gasteiger partial charge on any atom is -0.299 e. The van der Waals surface area contributed by atoms with Crippen LogP contribution in [0.2, 0.25) is 0 Å². The second-order valence-electron chi connectivity index (χ2n) is 5.52. The van der Waals surface area contributed by atoms with Crippen molar-refractivity contribution in [2.45, 2.75) is 27.7 Å². The van der Waals surface area contributed by atoms with Gasteiger partial charge in [0.25, 0.3) is 5.69 Å². The van der Waals surface area contributed by atoms with Crippen molar-refractivity contribution < 1.29 is 14.5 Å². The summed E-state index contributed by atoms with van der Waals surface area (Å²) in [6, 6.07) is 5.90. The first-order chi connectivity index (χ1) is 9.14. The van der Waals surface area contributed by atoms with Gasteiger partial charge in [-0.15, -0.1) is 0 Å². The van der Waals surface area contributed by atoms with Crippen LogP contribution in [-0.4, -0.2) is 23.2 Å². The molecule has 108 valence electrons. The fourth-order valence-corrected chi connectivity index (χ4v) is 1.59. The monoisotopic (exact) mass is 278 g/mol. The number of ketones is 1. The number of hydrogen-bond donors (Lipinski definition) is 0. The Labute approximate surface area is 117 Å². The van der Waals surface area contributed by atoms with Crippen molar-refractivity contribution in [3.63, 3.8) is 0 Å². The first-order valence-corrected chi connectivity index (χ1v) is 6.19. The highest BCUT2D eigenvalue weighted by Crippen LogP contribution is 2.28. The van der Waals surface area contributed by atoms with E-state index in [9.17, 15) is 19.7 Å². The summed E-state index contributed by atoms with van der Waals surface area (Å²) in [7, 11) is 0. The Morgan fingerprint density at radius 2 is 1.80 bits per heavy atom. The van der Waals surface area contributed by atoms with Crippen molar-refractivity contribution in [3.05, 3.63) is 34.4 Å². The molecule has 1 aromatic carbocycles. The summed E-state index contributed by atoms with van der Waals surface area (Å²) in [5, 5.41) is 11.0. The molecular weight excluding hydrogens is 260 g/mol. The van der Waals surface area contributed by atoms with E-state index in [1.807, 2.05) is 0 Å². The van der Waals surface area contributed by atoms with Gasteiger partial charge in [-0.1, -0.05) is 32.9 Å². The van der Waals surface area contributed by atoms with Crippen molar-refractivity contribution in [1.29, 1.82) is 0 Å². The number of anilines is 1. The van der Waals surface area contributed by atoms with Crippen molar-refractivity contribution >= 4 is 23.1 Å². The molecule has 0 radical (unpaired) electrons. The van der Waals surface area contributed by atoms with Crippen molar-refractivity contribution in [3.8, 4) is 0 Å². The Hall–Kier alpha value is -2.24. The number of Topliss-reactive ketones (excluding diaryl/α,β-unsaturated/α-hetero) is 1. The lowest BCUT2D eigenvalue weighted by molar-refractivity contribution is -0.384. The molecule has 0 aliphatic rings. The van der Waals surface area contributed by atoms with Crippen LogP contribution in [0.5, 0.6) is 0 Å². The fourth-order valence-electron chi connectivity index (χ4n) is 1.59. The van der Waals surface area contributed by atoms with Crippen LogP contribution in [0.1, 0.15) is 27.7 Å². The number of carbonyl (C=O) groups excluding carboxylic acids is 2. The van der Waals surface area contributed by atoms with Crippen LogP contribution in [0.25, 0.3) is 0 Å². The van der Waals surface area contributed by atoms with E-state index >= 15 is 0 Å². The predicted octanol–water partition coefficient (Wildman–Crippen LogP) is 2.56. The Bertz CT molecular complexity index is 546. The van der Waals surface area contributed by atoms with Gasteiger partial charge in [0.1, 0.15) is 5.69 Å². The van der Waals surface area contributed by atoms with Crippen molar-refractivity contribution in [1.82, 2.24) is 0 Å². The lowest BCUT2D eigenvalue weighted by Gasteiger charge is -2.24. The molecule has 0 fully saturated rings. The van der Waals surface area contributed by atoms with Crippen LogP contribution in [0.15, 0.2) is 24.3 Å². The van der Waals surface area contributed by atoms with Gasteiger partial charge in [0.15, 0.2) is 5.78 Å². The second-order valence-corrected chi connectivity index (χ2v) is 5.52. The van der Waals surface area contributed by atoms with Crippen LogP contribution < -0.4 is 4.90 Å². The molecule has 0 unspecified atom stereocenters. The molecule has 0 atom stereocenters. The Morgan fingerprint density at radius 3 is 2.25 bits per heavy atom. The number of rotatable bonds is 4. The van der Waals surface area contributed by atoms with Gasteiger partial charge >= 0.3 is 0 Å². The molecule has 1 aromatic rings. The van der Waals surface area contributed by atoms with Crippen molar-refractivity contribution in [2.75, 3.05) is 11.4 Å². The maximum absolute atomic E-state index is 12.1. The van der Waals surface area contributed by atoms with Gasteiger partial charge < -0.3 is 0 Å². The molecule has 0 saturated heterocycles. The van der Waals surface area contributed by atoms with Crippen LogP contribution in [0.3, 0.4) is 0 Å². The molecular formula is C14H18N2O4. The van der Waals surface area contributed by atoms with E-state index in [4.69, 9.17) is 0 Å². The smallest absolute Gasteiger partial charge is 0.292 e. The first-order valence-electron chi connectivity index (χ1n) is 6.19. The summed E-state index contributed by atoms with van der Waals surface area (Å²) in [5.74, 6) is -0.567. The molecule has 0 aliphatic heterocycles. The van der Waals surface area contributed by atoms with Crippen LogP contribution in [0.4, 0.5) is 11.4 Å². The van der Waals surface area contributed by atoms with Gasteiger partial charge in [-0.3, -0.25) is 24.6 Å². The van der Waals surface area contributed by atoms with Crippen molar-refractivity contribution in [2.24, 2.45) is 5.41 Å². The third-order valence-electron chi connectivity index (χ3n) is 2.89. The topological polar surface area (TPSA) is 80.5 Å². The maximum Gasteiger partial charge on any atom is 0.292 e. The highest BCUT2D eigenvalue weighted by molar-refractivity contribution is 6.00. The van der Waals surface area contributed by atoms with E-state index in [-0.39, 0.29) is 23.7 Å². The fraction of sp³-hybridized carbons (Fsp3) is 0.429. The lowest BCUT2D eigenvalue weighted by atomic mass is 9.90. The molecule has 0 saturated carbocycles. The number of amides is 1. The molecule has 0 bridgehead atoms. The van der Waals surface area contributed by atoms with Gasteiger partial charge in [0.2, 0.25) is 5.91 Å². The molecule has 20 heavy (non-hydrogen) atoms. The summed E-state index contributed by atoms with van der Waals surface area (Å²) in [6.07, 6.45) is 0. The quantitative estimate of drug-likeness (QED) is 0.626. The molecule has 1 rings (SSSR count). The summed E-state index contributed by atoms with van der Waals surface area (Å²) in [6.45, 7) is 6.34. The maximum atomic E-state index is 12.1. The Balaban J connectivity index is 3.20. The predicted molar refractivity (Wildman–Crippen MR) is 75.6 cm³/mol. The zero-order chi connectivity index (χ0) is 15.5. The van der Waals surface area contributed by atoms with E-state index in [1.54, 1.807) is 26.8 Å². The molecule has 0 aromatic heterocycles. The summed E-state index contributed by atoms with van der Waals surface area (Å²) in [5.41, 5.74) is -0.663. The number of hydrogen-bond acceptors (Lipinski definition) is 4. The van der Waals surface area contributed by atoms with E-state index in [0.29, 0.717) is 0 Å². The third kappa shape index (κ3) is 3.63. The van der Waals surface area contributed by atoms with E-state index in [0.717, 1.165) is 4.90 Å². The lowest BCUT2D eigenvalue weighted by Crippen LogP contribution is -2.39. The minimum atomic E-state index is -0.614. The van der Waals surface area contributed by atoms with E-state index in [2.05, 4.69) is 0 Å². The van der Waals surface area contributed by atoms with Crippen LogP contribution >= 0.6 is 0 Å². The van der Waals surface area contributed by atoms with Crippen LogP contribution in [-0.2, 0) is 9.59 Å². The number of nitrogens with zero attached hydrogens (tertiary/aromatic N) is 2. The van der Waals surface area contributed by atoms with Gasteiger partial charge in [-0.2, -0.15) is 0 Å². The third-order valence-corrected chi connectivity index (χ3v) is 2.89. The SMILES string of the molecule is CC(=O)N(CC(=O)C(C)(C)C)c1ccccc1[N+](=O)[O-]. The minimum absolute atomic E-state index is 0.141. The molecule has 1 amide bonds. The molecule has 6 nitrogen and oxygen atoms in total. The molecule has 0 heterocycles. The largest absolute Gasteiger partial charge is 0.299 e. The Morgan fingerprint density at radius 1 is 1.25 bits per heavy atom. The van der Waals surface area contributed by atoms with E-state index < -0.39 is 16.2 Å². The van der Waals surface area contributed by atoms with Gasteiger partial charge in [-0.05, 0) is 6.07 Å². The van der Waals surface area contributed by atoms with Gasteiger partial charge in [-0.25, -0.2) is 0 Å². The highest BCUT2D eigenvalue weighted by Gasteiger charge is 2.28. The first kappa shape index (κ1) is 15.8. The average molecular weight is 278 g/mol. The number of nitro benzene ring substituents is 1. The summed E-state index contributed by atoms with van der Waals surface area (Å²) < 4.78 is 0. The zero-order valence-electron chi connectivity index (χ0n) is 12.0. The molecule has 0 aliphatic carbocycles. The molecule has 0 N–H and O–H groups in total.